The average molecular weight is 399 g/mol. The molecule has 0 aliphatic carbocycles. The summed E-state index contributed by atoms with van der Waals surface area (Å²) in [6.07, 6.45) is 0.974. The Morgan fingerprint density at radius 3 is 2.65 bits per heavy atom. The summed E-state index contributed by atoms with van der Waals surface area (Å²) in [4.78, 5) is 12.1. The zero-order valence-corrected chi connectivity index (χ0v) is 16.5. The quantitative estimate of drug-likeness (QED) is 0.658. The third-order valence-corrected chi connectivity index (χ3v) is 4.02. The Morgan fingerprint density at radius 1 is 1.27 bits per heavy atom. The molecule has 142 valence electrons. The largest absolute Gasteiger partial charge is 0.493 e. The number of nitrogens with one attached hydrogen (secondary N) is 1. The second kappa shape index (κ2) is 10.8. The summed E-state index contributed by atoms with van der Waals surface area (Å²) >= 11 is 6.23. The van der Waals surface area contributed by atoms with Gasteiger partial charge in [-0.25, -0.2) is 0 Å². The van der Waals surface area contributed by atoms with Gasteiger partial charge in [-0.1, -0.05) is 29.8 Å². The lowest BCUT2D eigenvalue weighted by atomic mass is 10.1. The number of nitrogens with two attached hydrogens (primary N) is 1. The molecule has 0 fully saturated rings. The number of hydrogen-bond donors (Lipinski definition) is 2. The number of methoxy groups -OCH3 is 1. The fraction of sp³-hybridized carbons (Fsp3) is 0.316. The van der Waals surface area contributed by atoms with Crippen molar-refractivity contribution < 1.29 is 14.3 Å². The molecule has 1 amide bonds. The maximum atomic E-state index is 12.1. The molecule has 3 N–H and O–H groups in total. The summed E-state index contributed by atoms with van der Waals surface area (Å²) in [7, 11) is 1.56. The first-order valence-electron chi connectivity index (χ1n) is 8.14. The molecule has 0 bridgehead atoms. The predicted molar refractivity (Wildman–Crippen MR) is 107 cm³/mol. The SMILES string of the molecule is CCOc1c(Cl)cc(CNC(=O)CCc2ccccc2N)cc1OC.Cl. The highest BCUT2D eigenvalue weighted by atomic mass is 35.5. The first kappa shape index (κ1) is 21.9. The number of nitrogen functional groups attached to an aromatic ring is 1. The Bertz CT molecular complexity index is 739. The molecule has 0 spiro atoms. The second-order valence-electron chi connectivity index (χ2n) is 5.52. The van der Waals surface area contributed by atoms with Crippen LogP contribution in [-0.2, 0) is 17.8 Å². The van der Waals surface area contributed by atoms with Crippen molar-refractivity contribution in [3.8, 4) is 11.5 Å². The molecule has 7 heteroatoms. The van der Waals surface area contributed by atoms with E-state index in [0.29, 0.717) is 48.2 Å². The van der Waals surface area contributed by atoms with E-state index in [-0.39, 0.29) is 18.3 Å². The molecule has 0 heterocycles. The van der Waals surface area contributed by atoms with Crippen molar-refractivity contribution in [2.75, 3.05) is 19.5 Å². The van der Waals surface area contributed by atoms with Crippen molar-refractivity contribution in [1.82, 2.24) is 5.32 Å². The van der Waals surface area contributed by atoms with Crippen LogP contribution in [0.1, 0.15) is 24.5 Å². The third-order valence-electron chi connectivity index (χ3n) is 3.74. The molecule has 0 saturated carbocycles. The molecule has 0 aromatic heterocycles. The van der Waals surface area contributed by atoms with Crippen molar-refractivity contribution in [3.63, 3.8) is 0 Å². The summed E-state index contributed by atoms with van der Waals surface area (Å²) in [5.74, 6) is 1.02. The van der Waals surface area contributed by atoms with Crippen LogP contribution in [0.25, 0.3) is 0 Å². The Morgan fingerprint density at radius 2 is 2.00 bits per heavy atom. The Labute approximate surface area is 165 Å². The monoisotopic (exact) mass is 398 g/mol. The van der Waals surface area contributed by atoms with Gasteiger partial charge in [-0.15, -0.1) is 12.4 Å². The van der Waals surface area contributed by atoms with Gasteiger partial charge >= 0.3 is 0 Å². The van der Waals surface area contributed by atoms with Crippen LogP contribution in [0.5, 0.6) is 11.5 Å². The molecular weight excluding hydrogens is 375 g/mol. The number of rotatable bonds is 8. The lowest BCUT2D eigenvalue weighted by Crippen LogP contribution is -2.23. The first-order chi connectivity index (χ1) is 12.0. The molecule has 0 aliphatic heterocycles. The fourth-order valence-electron chi connectivity index (χ4n) is 2.46. The molecule has 0 radical (unpaired) electrons. The second-order valence-corrected chi connectivity index (χ2v) is 5.92. The zero-order chi connectivity index (χ0) is 18.2. The fourth-order valence-corrected chi connectivity index (χ4v) is 2.75. The van der Waals surface area contributed by atoms with Gasteiger partial charge in [0.1, 0.15) is 0 Å². The Balaban J connectivity index is 0.00000338. The highest BCUT2D eigenvalue weighted by Crippen LogP contribution is 2.36. The standard InChI is InChI=1S/C19H23ClN2O3.ClH/c1-3-25-19-15(20)10-13(11-17(19)24-2)12-22-18(23)9-8-14-6-4-5-7-16(14)21;/h4-7,10-11H,3,8-9,12,21H2,1-2H3,(H,22,23);1H. The lowest BCUT2D eigenvalue weighted by Gasteiger charge is -2.13. The minimum absolute atomic E-state index is 0. The van der Waals surface area contributed by atoms with Gasteiger partial charge in [0.25, 0.3) is 0 Å². The van der Waals surface area contributed by atoms with Gasteiger partial charge < -0.3 is 20.5 Å². The molecule has 2 rings (SSSR count). The number of halogens is 2. The highest BCUT2D eigenvalue weighted by molar-refractivity contribution is 6.32. The number of anilines is 1. The van der Waals surface area contributed by atoms with Crippen molar-refractivity contribution in [2.24, 2.45) is 0 Å². The Kier molecular flexibility index (Phi) is 9.10. The minimum atomic E-state index is -0.0489. The Hall–Kier alpha value is -2.11. The number of aryl methyl sites for hydroxylation is 1. The van der Waals surface area contributed by atoms with E-state index in [2.05, 4.69) is 5.32 Å². The summed E-state index contributed by atoms with van der Waals surface area (Å²) < 4.78 is 10.8. The molecule has 26 heavy (non-hydrogen) atoms. The van der Waals surface area contributed by atoms with Crippen LogP contribution in [-0.4, -0.2) is 19.6 Å². The van der Waals surface area contributed by atoms with E-state index in [4.69, 9.17) is 26.8 Å². The van der Waals surface area contributed by atoms with Crippen LogP contribution < -0.4 is 20.5 Å². The topological polar surface area (TPSA) is 73.6 Å². The smallest absolute Gasteiger partial charge is 0.220 e. The van der Waals surface area contributed by atoms with E-state index < -0.39 is 0 Å². The van der Waals surface area contributed by atoms with E-state index in [1.807, 2.05) is 37.3 Å². The van der Waals surface area contributed by atoms with E-state index in [1.54, 1.807) is 13.2 Å². The first-order valence-corrected chi connectivity index (χ1v) is 8.52. The lowest BCUT2D eigenvalue weighted by molar-refractivity contribution is -0.121. The van der Waals surface area contributed by atoms with Crippen LogP contribution in [0.2, 0.25) is 5.02 Å². The van der Waals surface area contributed by atoms with Crippen LogP contribution in [0.4, 0.5) is 5.69 Å². The molecule has 0 aliphatic rings. The number of ether oxygens (including phenoxy) is 2. The van der Waals surface area contributed by atoms with Gasteiger partial charge in [0.2, 0.25) is 5.91 Å². The maximum Gasteiger partial charge on any atom is 0.220 e. The van der Waals surface area contributed by atoms with Crippen molar-refractivity contribution in [3.05, 3.63) is 52.5 Å². The van der Waals surface area contributed by atoms with E-state index in [9.17, 15) is 4.79 Å². The van der Waals surface area contributed by atoms with E-state index >= 15 is 0 Å². The third kappa shape index (κ3) is 6.00. The molecule has 0 atom stereocenters. The van der Waals surface area contributed by atoms with Crippen molar-refractivity contribution in [2.45, 2.75) is 26.3 Å². The van der Waals surface area contributed by atoms with Crippen LogP contribution in [0.3, 0.4) is 0 Å². The number of benzene rings is 2. The van der Waals surface area contributed by atoms with Gasteiger partial charge in [0, 0.05) is 18.7 Å². The predicted octanol–water partition coefficient (Wildman–Crippen LogP) is 4.00. The van der Waals surface area contributed by atoms with Crippen molar-refractivity contribution >= 4 is 35.6 Å². The highest BCUT2D eigenvalue weighted by Gasteiger charge is 2.12. The zero-order valence-electron chi connectivity index (χ0n) is 14.9. The molecule has 2 aromatic rings. The summed E-state index contributed by atoms with van der Waals surface area (Å²) in [5, 5.41) is 3.34. The van der Waals surface area contributed by atoms with Gasteiger partial charge in [-0.3, -0.25) is 4.79 Å². The molecule has 5 nitrogen and oxygen atoms in total. The molecule has 2 aromatic carbocycles. The van der Waals surface area contributed by atoms with Gasteiger partial charge in [0.15, 0.2) is 11.5 Å². The van der Waals surface area contributed by atoms with Crippen LogP contribution in [0, 0.1) is 0 Å². The van der Waals surface area contributed by atoms with Gasteiger partial charge in [0.05, 0.1) is 18.7 Å². The normalized spacial score (nSPS) is 9.96. The number of amides is 1. The van der Waals surface area contributed by atoms with Gasteiger partial charge in [-0.2, -0.15) is 0 Å². The number of carbonyl (C=O) groups is 1. The average Bonchev–Trinajstić information content (AvgIpc) is 2.61. The summed E-state index contributed by atoms with van der Waals surface area (Å²) in [6, 6.07) is 11.1. The van der Waals surface area contributed by atoms with E-state index in [1.165, 1.54) is 0 Å². The number of carbonyl (C=O) groups excluding carboxylic acids is 1. The molecule has 0 saturated heterocycles. The minimum Gasteiger partial charge on any atom is -0.493 e. The molecule has 0 unspecified atom stereocenters. The summed E-state index contributed by atoms with van der Waals surface area (Å²) in [5.41, 5.74) is 8.41. The van der Waals surface area contributed by atoms with Gasteiger partial charge in [-0.05, 0) is 42.7 Å². The van der Waals surface area contributed by atoms with Crippen molar-refractivity contribution in [1.29, 1.82) is 0 Å². The van der Waals surface area contributed by atoms with Crippen LogP contribution in [0.15, 0.2) is 36.4 Å². The summed E-state index contributed by atoms with van der Waals surface area (Å²) in [6.45, 7) is 2.74. The number of hydrogen-bond acceptors (Lipinski definition) is 4. The molecular formula is C19H24Cl2N2O3. The van der Waals surface area contributed by atoms with E-state index in [0.717, 1.165) is 11.1 Å². The maximum absolute atomic E-state index is 12.1. The van der Waals surface area contributed by atoms with Crippen LogP contribution >= 0.6 is 24.0 Å². The number of para-hydroxylation sites is 1.